The zero-order valence-corrected chi connectivity index (χ0v) is 37.6. The van der Waals surface area contributed by atoms with Gasteiger partial charge in [-0.05, 0) is 121 Å². The highest BCUT2D eigenvalue weighted by atomic mass is 16.3. The Morgan fingerprint density at radius 1 is 0.353 bits per heavy atom. The first-order valence-corrected chi connectivity index (χ1v) is 23.5. The number of rotatable bonds is 8. The van der Waals surface area contributed by atoms with Crippen molar-refractivity contribution in [3.05, 3.63) is 271 Å². The Bertz CT molecular complexity index is 3860. The zero-order chi connectivity index (χ0) is 45.2. The molecule has 0 amide bonds. The van der Waals surface area contributed by atoms with Crippen molar-refractivity contribution in [2.24, 2.45) is 0 Å². The molecule has 1 atom stereocenters. The molecular formula is C66H45NO. The number of anilines is 3. The van der Waals surface area contributed by atoms with Crippen LogP contribution in [0.25, 0.3) is 88.3 Å². The van der Waals surface area contributed by atoms with E-state index >= 15 is 0 Å². The van der Waals surface area contributed by atoms with Gasteiger partial charge in [-0.1, -0.05) is 212 Å². The Hall–Kier alpha value is -8.72. The van der Waals surface area contributed by atoms with Gasteiger partial charge in [0, 0.05) is 33.0 Å². The SMILES string of the molecule is CC1(c2ccccc2)c2ccccc2-c2c(-c3ccc(N(c4ccccc4-c4ccc5oc6ccccc6c5c4)c4ccccc4-c4cccc5cccc(-c6ccccc6)c45)cc3)cccc21. The minimum absolute atomic E-state index is 0.277. The predicted molar refractivity (Wildman–Crippen MR) is 285 cm³/mol. The number of fused-ring (bicyclic) bond motifs is 7. The van der Waals surface area contributed by atoms with E-state index in [0.29, 0.717) is 0 Å². The number of hydrogen-bond acceptors (Lipinski definition) is 2. The third-order valence-corrected chi connectivity index (χ3v) is 14.4. The maximum atomic E-state index is 6.32. The van der Waals surface area contributed by atoms with Crippen LogP contribution in [-0.4, -0.2) is 0 Å². The highest BCUT2D eigenvalue weighted by Gasteiger charge is 2.41. The summed E-state index contributed by atoms with van der Waals surface area (Å²) in [6.07, 6.45) is 0. The molecule has 1 heterocycles. The molecular weight excluding hydrogens is 823 g/mol. The maximum Gasteiger partial charge on any atom is 0.135 e. The van der Waals surface area contributed by atoms with Gasteiger partial charge in [-0.2, -0.15) is 0 Å². The van der Waals surface area contributed by atoms with Crippen LogP contribution in [0, 0.1) is 0 Å². The molecule has 68 heavy (non-hydrogen) atoms. The summed E-state index contributed by atoms with van der Waals surface area (Å²) < 4.78 is 6.32. The topological polar surface area (TPSA) is 16.4 Å². The van der Waals surface area contributed by atoms with Gasteiger partial charge in [-0.25, -0.2) is 0 Å². The smallest absolute Gasteiger partial charge is 0.135 e. The summed E-state index contributed by atoms with van der Waals surface area (Å²) in [6.45, 7) is 2.39. The van der Waals surface area contributed by atoms with E-state index in [0.717, 1.165) is 55.7 Å². The van der Waals surface area contributed by atoms with Crippen LogP contribution < -0.4 is 4.90 Å². The standard InChI is InChI=1S/C66H45NO/c1-66(48-23-6-3-7-24-48)58-32-12-8-28-56(58)65-52(30-18-33-59(65)66)45-37-40-49(41-38-45)67(60-34-13-9-25-50(60)47-39-42-63-57(43-47)54-27-11-15-36-62(54)68-63)61-35-14-10-26-53(61)55-31-17-22-46-21-16-29-51(64(46)55)44-19-4-2-5-20-44/h2-43H,1H3. The molecule has 0 aliphatic heterocycles. The molecule has 0 fully saturated rings. The summed E-state index contributed by atoms with van der Waals surface area (Å²) in [4.78, 5) is 2.47. The lowest BCUT2D eigenvalue weighted by Crippen LogP contribution is -2.22. The maximum absolute atomic E-state index is 6.32. The summed E-state index contributed by atoms with van der Waals surface area (Å²) in [7, 11) is 0. The molecule has 0 radical (unpaired) electrons. The molecule has 1 aliphatic rings. The van der Waals surface area contributed by atoms with E-state index in [1.165, 1.54) is 66.4 Å². The first-order chi connectivity index (χ1) is 33.6. The number of para-hydroxylation sites is 3. The minimum Gasteiger partial charge on any atom is -0.456 e. The fraction of sp³-hybridized carbons (Fsp3) is 0.0303. The number of furan rings is 1. The highest BCUT2D eigenvalue weighted by Crippen LogP contribution is 2.55. The first-order valence-electron chi connectivity index (χ1n) is 23.5. The molecule has 320 valence electrons. The lowest BCUT2D eigenvalue weighted by Gasteiger charge is -2.30. The summed E-state index contributed by atoms with van der Waals surface area (Å²) in [5.74, 6) is 0. The fourth-order valence-corrected chi connectivity index (χ4v) is 11.2. The van der Waals surface area contributed by atoms with Crippen molar-refractivity contribution in [2.75, 3.05) is 4.90 Å². The van der Waals surface area contributed by atoms with Crippen molar-refractivity contribution in [2.45, 2.75) is 12.3 Å². The average molecular weight is 868 g/mol. The van der Waals surface area contributed by atoms with E-state index in [1.54, 1.807) is 0 Å². The van der Waals surface area contributed by atoms with Crippen LogP contribution >= 0.6 is 0 Å². The minimum atomic E-state index is -0.277. The van der Waals surface area contributed by atoms with E-state index in [-0.39, 0.29) is 5.41 Å². The number of hydrogen-bond donors (Lipinski definition) is 0. The van der Waals surface area contributed by atoms with Crippen molar-refractivity contribution in [1.82, 2.24) is 0 Å². The van der Waals surface area contributed by atoms with E-state index in [1.807, 2.05) is 12.1 Å². The summed E-state index contributed by atoms with van der Waals surface area (Å²) >= 11 is 0. The molecule has 11 aromatic carbocycles. The Labute approximate surface area is 396 Å². The van der Waals surface area contributed by atoms with Gasteiger partial charge in [0.2, 0.25) is 0 Å². The Morgan fingerprint density at radius 2 is 0.897 bits per heavy atom. The van der Waals surface area contributed by atoms with Gasteiger partial charge in [-0.3, -0.25) is 0 Å². The third-order valence-electron chi connectivity index (χ3n) is 14.4. The van der Waals surface area contributed by atoms with Gasteiger partial charge in [0.25, 0.3) is 0 Å². The largest absolute Gasteiger partial charge is 0.456 e. The monoisotopic (exact) mass is 867 g/mol. The van der Waals surface area contributed by atoms with Crippen LogP contribution in [0.3, 0.4) is 0 Å². The summed E-state index contributed by atoms with van der Waals surface area (Å²) in [6, 6.07) is 92.9. The fourth-order valence-electron chi connectivity index (χ4n) is 11.2. The zero-order valence-electron chi connectivity index (χ0n) is 37.6. The van der Waals surface area contributed by atoms with E-state index < -0.39 is 0 Å². The van der Waals surface area contributed by atoms with Crippen LogP contribution in [0.1, 0.15) is 23.6 Å². The van der Waals surface area contributed by atoms with Crippen LogP contribution in [0.15, 0.2) is 259 Å². The van der Waals surface area contributed by atoms with Gasteiger partial charge < -0.3 is 9.32 Å². The molecule has 1 aliphatic carbocycles. The molecule has 1 unspecified atom stereocenters. The molecule has 2 heteroatoms. The lowest BCUT2D eigenvalue weighted by atomic mass is 9.74. The van der Waals surface area contributed by atoms with Crippen LogP contribution in [0.5, 0.6) is 0 Å². The van der Waals surface area contributed by atoms with Gasteiger partial charge in [0.05, 0.1) is 11.4 Å². The highest BCUT2D eigenvalue weighted by molar-refractivity contribution is 6.10. The predicted octanol–water partition coefficient (Wildman–Crippen LogP) is 18.2. The lowest BCUT2D eigenvalue weighted by molar-refractivity contribution is 0.669. The second-order valence-corrected chi connectivity index (χ2v) is 18.1. The normalized spacial score (nSPS) is 14.0. The third kappa shape index (κ3) is 6.26. The van der Waals surface area contributed by atoms with E-state index in [2.05, 4.69) is 254 Å². The molecule has 0 N–H and O–H groups in total. The molecule has 12 aromatic rings. The van der Waals surface area contributed by atoms with Gasteiger partial charge >= 0.3 is 0 Å². The molecule has 1 aromatic heterocycles. The Balaban J connectivity index is 1.02. The van der Waals surface area contributed by atoms with Crippen LogP contribution in [0.2, 0.25) is 0 Å². The average Bonchev–Trinajstić information content (AvgIpc) is 3.92. The number of nitrogens with zero attached hydrogens (tertiary/aromatic N) is 1. The van der Waals surface area contributed by atoms with E-state index in [4.69, 9.17) is 4.42 Å². The second-order valence-electron chi connectivity index (χ2n) is 18.1. The van der Waals surface area contributed by atoms with Crippen molar-refractivity contribution >= 4 is 49.8 Å². The van der Waals surface area contributed by atoms with Crippen molar-refractivity contribution in [1.29, 1.82) is 0 Å². The molecule has 0 saturated carbocycles. The van der Waals surface area contributed by atoms with Crippen LogP contribution in [0.4, 0.5) is 17.1 Å². The molecule has 0 bridgehead atoms. The molecule has 2 nitrogen and oxygen atoms in total. The molecule has 0 spiro atoms. The Morgan fingerprint density at radius 3 is 1.69 bits per heavy atom. The summed E-state index contributed by atoms with van der Waals surface area (Å²) in [5, 5.41) is 4.66. The summed E-state index contributed by atoms with van der Waals surface area (Å²) in [5.41, 5.74) is 20.7. The molecule has 13 rings (SSSR count). The quantitative estimate of drug-likeness (QED) is 0.151. The van der Waals surface area contributed by atoms with Crippen molar-refractivity contribution in [3.63, 3.8) is 0 Å². The van der Waals surface area contributed by atoms with Crippen LogP contribution in [-0.2, 0) is 5.41 Å². The van der Waals surface area contributed by atoms with Crippen molar-refractivity contribution < 1.29 is 4.42 Å². The van der Waals surface area contributed by atoms with Gasteiger partial charge in [0.15, 0.2) is 0 Å². The van der Waals surface area contributed by atoms with Crippen molar-refractivity contribution in [3.8, 4) is 55.6 Å². The molecule has 0 saturated heterocycles. The van der Waals surface area contributed by atoms with E-state index in [9.17, 15) is 0 Å². The Kier molecular flexibility index (Phi) is 9.33. The van der Waals surface area contributed by atoms with Gasteiger partial charge in [0.1, 0.15) is 11.2 Å². The second kappa shape index (κ2) is 16.0. The number of benzene rings is 11. The van der Waals surface area contributed by atoms with Gasteiger partial charge in [-0.15, -0.1) is 0 Å². The first kappa shape index (κ1) is 39.6.